The van der Waals surface area contributed by atoms with E-state index in [4.69, 9.17) is 9.84 Å². The lowest BCUT2D eigenvalue weighted by Gasteiger charge is -2.19. The minimum absolute atomic E-state index is 0.149. The van der Waals surface area contributed by atoms with Crippen LogP contribution in [0.5, 0.6) is 0 Å². The molecule has 0 atom stereocenters. The van der Waals surface area contributed by atoms with Crippen LogP contribution >= 0.6 is 0 Å². The number of aromatic amines is 1. The van der Waals surface area contributed by atoms with Crippen LogP contribution in [-0.4, -0.2) is 43.9 Å². The summed E-state index contributed by atoms with van der Waals surface area (Å²) in [4.78, 5) is 19.7. The van der Waals surface area contributed by atoms with E-state index in [9.17, 15) is 4.79 Å². The van der Waals surface area contributed by atoms with E-state index in [1.807, 2.05) is 0 Å². The van der Waals surface area contributed by atoms with Crippen LogP contribution in [0.1, 0.15) is 40.8 Å². The third-order valence-corrected chi connectivity index (χ3v) is 3.29. The fraction of sp³-hybridized carbons (Fsp3) is 0.545. The highest BCUT2D eigenvalue weighted by Crippen LogP contribution is 2.25. The van der Waals surface area contributed by atoms with Gasteiger partial charge in [-0.15, -0.1) is 0 Å². The van der Waals surface area contributed by atoms with Crippen molar-refractivity contribution in [2.24, 2.45) is 0 Å². The molecular weight excluding hydrogens is 236 g/mol. The summed E-state index contributed by atoms with van der Waals surface area (Å²) >= 11 is 0. The molecule has 0 spiro atoms. The Hall–Kier alpha value is -1.89. The molecule has 0 radical (unpaired) electrons. The highest BCUT2D eigenvalue weighted by Gasteiger charge is 2.23. The van der Waals surface area contributed by atoms with Crippen molar-refractivity contribution in [3.05, 3.63) is 17.2 Å². The number of ether oxygens (including phenoxy) is 1. The molecule has 2 aromatic heterocycles. The molecule has 7 heteroatoms. The van der Waals surface area contributed by atoms with Crippen LogP contribution in [0, 0.1) is 6.92 Å². The normalized spacial score (nSPS) is 17.4. The van der Waals surface area contributed by atoms with Gasteiger partial charge in [0, 0.05) is 19.1 Å². The van der Waals surface area contributed by atoms with Gasteiger partial charge in [0.25, 0.3) is 5.78 Å². The van der Waals surface area contributed by atoms with E-state index in [1.54, 1.807) is 6.92 Å². The molecule has 7 nitrogen and oxygen atoms in total. The molecule has 3 heterocycles. The van der Waals surface area contributed by atoms with Crippen LogP contribution in [0.4, 0.5) is 0 Å². The molecule has 2 aromatic rings. The summed E-state index contributed by atoms with van der Waals surface area (Å²) in [6.07, 6.45) is 1.80. The summed E-state index contributed by atoms with van der Waals surface area (Å²) in [6.45, 7) is 3.11. The van der Waals surface area contributed by atoms with Crippen molar-refractivity contribution < 1.29 is 14.6 Å². The Bertz CT molecular complexity index is 595. The smallest absolute Gasteiger partial charge is 0.356 e. The molecule has 0 bridgehead atoms. The molecule has 1 aliphatic rings. The lowest BCUT2D eigenvalue weighted by Crippen LogP contribution is -2.15. The SMILES string of the molecule is Cc1nc2nc(C3CCOCC3)[nH]n2c1C(=O)O. The Kier molecular flexibility index (Phi) is 2.55. The number of aromatic nitrogens is 4. The van der Waals surface area contributed by atoms with Crippen LogP contribution in [0.15, 0.2) is 0 Å². The second-order valence-electron chi connectivity index (χ2n) is 4.48. The van der Waals surface area contributed by atoms with Crippen molar-refractivity contribution in [2.75, 3.05) is 13.2 Å². The second kappa shape index (κ2) is 4.09. The standard InChI is InChI=1S/C11H14N4O3/c1-6-8(10(16)17)15-11(12-6)13-9(14-15)7-2-4-18-5-3-7/h7H,2-5H2,1H3,(H,16,17)(H,12,13,14). The molecule has 3 rings (SSSR count). The van der Waals surface area contributed by atoms with E-state index in [0.717, 1.165) is 31.9 Å². The van der Waals surface area contributed by atoms with Crippen molar-refractivity contribution in [1.29, 1.82) is 0 Å². The largest absolute Gasteiger partial charge is 0.476 e. The average Bonchev–Trinajstić information content (AvgIpc) is 2.85. The van der Waals surface area contributed by atoms with E-state index in [1.165, 1.54) is 4.52 Å². The molecule has 2 N–H and O–H groups in total. The quantitative estimate of drug-likeness (QED) is 0.828. The van der Waals surface area contributed by atoms with E-state index in [2.05, 4.69) is 15.1 Å². The van der Waals surface area contributed by atoms with Crippen molar-refractivity contribution in [1.82, 2.24) is 19.6 Å². The maximum atomic E-state index is 11.2. The third kappa shape index (κ3) is 1.67. The fourth-order valence-electron chi connectivity index (χ4n) is 2.35. The van der Waals surface area contributed by atoms with Gasteiger partial charge in [-0.1, -0.05) is 0 Å². The number of nitrogens with zero attached hydrogens (tertiary/aromatic N) is 3. The van der Waals surface area contributed by atoms with Gasteiger partial charge in [0.15, 0.2) is 5.69 Å². The summed E-state index contributed by atoms with van der Waals surface area (Å²) in [7, 11) is 0. The first-order chi connectivity index (χ1) is 8.66. The first-order valence-electron chi connectivity index (χ1n) is 5.93. The molecular formula is C11H14N4O3. The monoisotopic (exact) mass is 250 g/mol. The number of hydrogen-bond donors (Lipinski definition) is 2. The zero-order valence-corrected chi connectivity index (χ0v) is 10.0. The van der Waals surface area contributed by atoms with E-state index >= 15 is 0 Å². The number of fused-ring (bicyclic) bond motifs is 1. The van der Waals surface area contributed by atoms with Crippen molar-refractivity contribution in [3.63, 3.8) is 0 Å². The van der Waals surface area contributed by atoms with Crippen LogP contribution in [0.25, 0.3) is 5.78 Å². The lowest BCUT2D eigenvalue weighted by atomic mass is 10.00. The number of carboxylic acid groups (broad SMARTS) is 1. The van der Waals surface area contributed by atoms with Gasteiger partial charge >= 0.3 is 5.97 Å². The number of aromatic carboxylic acids is 1. The Morgan fingerprint density at radius 2 is 2.17 bits per heavy atom. The number of carboxylic acids is 1. The number of imidazole rings is 1. The lowest BCUT2D eigenvalue weighted by molar-refractivity contribution is 0.0686. The Balaban J connectivity index is 2.03. The van der Waals surface area contributed by atoms with Crippen molar-refractivity contribution in [3.8, 4) is 0 Å². The van der Waals surface area contributed by atoms with Crippen LogP contribution in [0.3, 0.4) is 0 Å². The van der Waals surface area contributed by atoms with Gasteiger partial charge < -0.3 is 9.84 Å². The van der Waals surface area contributed by atoms with Gasteiger partial charge in [-0.25, -0.2) is 14.3 Å². The Labute approximate surface area is 103 Å². The Morgan fingerprint density at radius 1 is 1.44 bits per heavy atom. The van der Waals surface area contributed by atoms with Gasteiger partial charge in [0.1, 0.15) is 5.82 Å². The summed E-state index contributed by atoms with van der Waals surface area (Å²) < 4.78 is 6.75. The zero-order chi connectivity index (χ0) is 12.7. The molecule has 0 aromatic carbocycles. The van der Waals surface area contributed by atoms with Gasteiger partial charge in [0.2, 0.25) is 0 Å². The number of hydrogen-bond acceptors (Lipinski definition) is 4. The first kappa shape index (κ1) is 11.2. The summed E-state index contributed by atoms with van der Waals surface area (Å²) in [5.41, 5.74) is 0.621. The molecule has 0 saturated carbocycles. The van der Waals surface area contributed by atoms with Gasteiger partial charge in [-0.2, -0.15) is 4.98 Å². The number of H-pyrrole nitrogens is 1. The number of aryl methyl sites for hydroxylation is 1. The van der Waals surface area contributed by atoms with Crippen LogP contribution in [-0.2, 0) is 4.74 Å². The summed E-state index contributed by atoms with van der Waals surface area (Å²) in [5, 5.41) is 12.2. The van der Waals surface area contributed by atoms with Gasteiger partial charge in [-0.3, -0.25) is 5.10 Å². The topological polar surface area (TPSA) is 92.5 Å². The Morgan fingerprint density at radius 3 is 2.83 bits per heavy atom. The molecule has 96 valence electrons. The van der Waals surface area contributed by atoms with Gasteiger partial charge in [-0.05, 0) is 19.8 Å². The highest BCUT2D eigenvalue weighted by atomic mass is 16.5. The average molecular weight is 250 g/mol. The fourth-order valence-corrected chi connectivity index (χ4v) is 2.35. The predicted octanol–water partition coefficient (Wildman–Crippen LogP) is 0.958. The molecule has 18 heavy (non-hydrogen) atoms. The van der Waals surface area contributed by atoms with Crippen LogP contribution < -0.4 is 0 Å². The number of rotatable bonds is 2. The maximum absolute atomic E-state index is 11.2. The van der Waals surface area contributed by atoms with E-state index in [0.29, 0.717) is 17.4 Å². The summed E-state index contributed by atoms with van der Waals surface area (Å²) in [6, 6.07) is 0. The van der Waals surface area contributed by atoms with Crippen molar-refractivity contribution in [2.45, 2.75) is 25.7 Å². The molecule has 0 unspecified atom stereocenters. The zero-order valence-electron chi connectivity index (χ0n) is 10.0. The number of carbonyl (C=O) groups is 1. The second-order valence-corrected chi connectivity index (χ2v) is 4.48. The molecule has 1 fully saturated rings. The molecule has 0 amide bonds. The molecule has 1 saturated heterocycles. The highest BCUT2D eigenvalue weighted by molar-refractivity contribution is 5.87. The minimum Gasteiger partial charge on any atom is -0.476 e. The third-order valence-electron chi connectivity index (χ3n) is 3.29. The number of nitrogens with one attached hydrogen (secondary N) is 1. The van der Waals surface area contributed by atoms with E-state index in [-0.39, 0.29) is 5.69 Å². The predicted molar refractivity (Wildman–Crippen MR) is 61.8 cm³/mol. The minimum atomic E-state index is -0.998. The molecule has 1 aliphatic heterocycles. The summed E-state index contributed by atoms with van der Waals surface area (Å²) in [5.74, 6) is 0.513. The van der Waals surface area contributed by atoms with Crippen LogP contribution in [0.2, 0.25) is 0 Å². The maximum Gasteiger partial charge on any atom is 0.356 e. The van der Waals surface area contributed by atoms with Gasteiger partial charge in [0.05, 0.1) is 5.69 Å². The first-order valence-corrected chi connectivity index (χ1v) is 5.93. The van der Waals surface area contributed by atoms with E-state index < -0.39 is 5.97 Å². The van der Waals surface area contributed by atoms with Crippen molar-refractivity contribution >= 4 is 11.7 Å². The molecule has 0 aliphatic carbocycles.